The zero-order valence-electron chi connectivity index (χ0n) is 9.83. The van der Waals surface area contributed by atoms with Crippen LogP contribution in [0.5, 0.6) is 0 Å². The van der Waals surface area contributed by atoms with Crippen LogP contribution in [-0.2, 0) is 0 Å². The molecule has 1 aliphatic carbocycles. The molecule has 0 aromatic heterocycles. The number of carbonyl (C=O) groups excluding carboxylic acids is 1. The number of aliphatic hydroxyl groups is 1. The molecule has 0 radical (unpaired) electrons. The molecule has 18 heavy (non-hydrogen) atoms. The normalized spacial score (nSPS) is 23.7. The Morgan fingerprint density at radius 1 is 1.39 bits per heavy atom. The molecule has 2 atom stereocenters. The van der Waals surface area contributed by atoms with E-state index in [4.69, 9.17) is 11.6 Å². The second-order valence-corrected chi connectivity index (χ2v) is 6.15. The lowest BCUT2D eigenvalue weighted by Gasteiger charge is -2.28. The van der Waals surface area contributed by atoms with Gasteiger partial charge in [0, 0.05) is 8.59 Å². The Morgan fingerprint density at radius 3 is 2.83 bits per heavy atom. The van der Waals surface area contributed by atoms with Gasteiger partial charge in [0.05, 0.1) is 17.7 Å². The summed E-state index contributed by atoms with van der Waals surface area (Å²) < 4.78 is 0.861. The van der Waals surface area contributed by atoms with Crippen LogP contribution < -0.4 is 5.32 Å². The fourth-order valence-corrected chi connectivity index (χ4v) is 2.95. The molecule has 5 heteroatoms. The van der Waals surface area contributed by atoms with Crippen molar-refractivity contribution in [2.24, 2.45) is 0 Å². The number of hydrogen-bond acceptors (Lipinski definition) is 2. The summed E-state index contributed by atoms with van der Waals surface area (Å²) in [5.41, 5.74) is 0.570. The third kappa shape index (κ3) is 3.36. The molecule has 2 rings (SSSR count). The highest BCUT2D eigenvalue weighted by molar-refractivity contribution is 14.1. The molecular formula is C13H15ClINO2. The monoisotopic (exact) mass is 379 g/mol. The number of hydrogen-bond donors (Lipinski definition) is 2. The van der Waals surface area contributed by atoms with Crippen molar-refractivity contribution < 1.29 is 9.90 Å². The number of halogens is 2. The van der Waals surface area contributed by atoms with E-state index in [1.54, 1.807) is 12.1 Å². The number of carbonyl (C=O) groups is 1. The standard InChI is InChI=1S/C13H15ClINO2/c14-8-5-6-10(15)9(7-8)13(18)16-11-3-1-2-4-12(11)17/h5-7,11-12,17H,1-4H2,(H,16,18)/t11-,12-/m0/s1. The third-order valence-corrected chi connectivity index (χ3v) is 4.39. The van der Waals surface area contributed by atoms with Gasteiger partial charge in [-0.15, -0.1) is 0 Å². The maximum absolute atomic E-state index is 12.1. The predicted molar refractivity (Wildman–Crippen MR) is 79.9 cm³/mol. The van der Waals surface area contributed by atoms with Crippen molar-refractivity contribution in [2.45, 2.75) is 37.8 Å². The van der Waals surface area contributed by atoms with Crippen molar-refractivity contribution in [3.63, 3.8) is 0 Å². The van der Waals surface area contributed by atoms with Crippen molar-refractivity contribution in [1.82, 2.24) is 5.32 Å². The molecular weight excluding hydrogens is 365 g/mol. The minimum atomic E-state index is -0.431. The van der Waals surface area contributed by atoms with Crippen LogP contribution in [0.15, 0.2) is 18.2 Å². The molecule has 0 unspecified atom stereocenters. The highest BCUT2D eigenvalue weighted by Crippen LogP contribution is 2.21. The minimum Gasteiger partial charge on any atom is -0.391 e. The summed E-state index contributed by atoms with van der Waals surface area (Å²) in [5, 5.41) is 13.3. The van der Waals surface area contributed by atoms with Gasteiger partial charge in [-0.25, -0.2) is 0 Å². The first kappa shape index (κ1) is 14.1. The third-order valence-electron chi connectivity index (χ3n) is 3.22. The van der Waals surface area contributed by atoms with Crippen LogP contribution in [0, 0.1) is 3.57 Å². The molecule has 98 valence electrons. The Kier molecular flexibility index (Phi) is 4.86. The molecule has 1 aromatic carbocycles. The van der Waals surface area contributed by atoms with Crippen LogP contribution in [0.3, 0.4) is 0 Å². The highest BCUT2D eigenvalue weighted by Gasteiger charge is 2.25. The molecule has 1 aromatic rings. The lowest BCUT2D eigenvalue weighted by Crippen LogP contribution is -2.45. The fraction of sp³-hybridized carbons (Fsp3) is 0.462. The number of amides is 1. The molecule has 3 nitrogen and oxygen atoms in total. The van der Waals surface area contributed by atoms with Gasteiger partial charge in [-0.1, -0.05) is 24.4 Å². The lowest BCUT2D eigenvalue weighted by atomic mass is 9.92. The van der Waals surface area contributed by atoms with Crippen molar-refractivity contribution >= 4 is 40.1 Å². The van der Waals surface area contributed by atoms with Gasteiger partial charge in [-0.2, -0.15) is 0 Å². The van der Waals surface area contributed by atoms with Gasteiger partial charge in [-0.3, -0.25) is 4.79 Å². The molecule has 1 fully saturated rings. The van der Waals surface area contributed by atoms with Crippen LogP contribution in [-0.4, -0.2) is 23.2 Å². The van der Waals surface area contributed by atoms with Crippen LogP contribution in [0.4, 0.5) is 0 Å². The first-order valence-corrected chi connectivity index (χ1v) is 7.47. The van der Waals surface area contributed by atoms with E-state index in [0.29, 0.717) is 10.6 Å². The highest BCUT2D eigenvalue weighted by atomic mass is 127. The van der Waals surface area contributed by atoms with Gasteiger partial charge in [-0.05, 0) is 53.6 Å². The van der Waals surface area contributed by atoms with Gasteiger partial charge < -0.3 is 10.4 Å². The van der Waals surface area contributed by atoms with E-state index in [1.807, 2.05) is 6.07 Å². The van der Waals surface area contributed by atoms with E-state index < -0.39 is 6.10 Å². The molecule has 0 heterocycles. The molecule has 0 aliphatic heterocycles. The van der Waals surface area contributed by atoms with Crippen LogP contribution in [0.1, 0.15) is 36.0 Å². The Hall–Kier alpha value is -0.330. The number of benzene rings is 1. The average molecular weight is 380 g/mol. The van der Waals surface area contributed by atoms with Crippen molar-refractivity contribution in [3.05, 3.63) is 32.4 Å². The van der Waals surface area contributed by atoms with E-state index in [-0.39, 0.29) is 11.9 Å². The topological polar surface area (TPSA) is 49.3 Å². The maximum Gasteiger partial charge on any atom is 0.252 e. The second-order valence-electron chi connectivity index (χ2n) is 4.56. The maximum atomic E-state index is 12.1. The summed E-state index contributed by atoms with van der Waals surface area (Å²) in [6.07, 6.45) is 3.25. The first-order valence-electron chi connectivity index (χ1n) is 6.02. The summed E-state index contributed by atoms with van der Waals surface area (Å²) in [4.78, 5) is 12.1. The Morgan fingerprint density at radius 2 is 2.11 bits per heavy atom. The molecule has 1 aliphatic rings. The van der Waals surface area contributed by atoms with Crippen LogP contribution >= 0.6 is 34.2 Å². The van der Waals surface area contributed by atoms with E-state index in [9.17, 15) is 9.90 Å². The summed E-state index contributed by atoms with van der Waals surface area (Å²) >= 11 is 8.01. The number of nitrogens with one attached hydrogen (secondary N) is 1. The van der Waals surface area contributed by atoms with Gasteiger partial charge in [0.2, 0.25) is 0 Å². The van der Waals surface area contributed by atoms with Crippen molar-refractivity contribution in [1.29, 1.82) is 0 Å². The van der Waals surface area contributed by atoms with Gasteiger partial charge in [0.15, 0.2) is 0 Å². The molecule has 0 bridgehead atoms. The molecule has 1 saturated carbocycles. The van der Waals surface area contributed by atoms with Crippen molar-refractivity contribution in [3.8, 4) is 0 Å². The number of rotatable bonds is 2. The van der Waals surface area contributed by atoms with Crippen LogP contribution in [0.25, 0.3) is 0 Å². The lowest BCUT2D eigenvalue weighted by molar-refractivity contribution is 0.0716. The second kappa shape index (κ2) is 6.21. The predicted octanol–water partition coefficient (Wildman–Crippen LogP) is 2.98. The summed E-state index contributed by atoms with van der Waals surface area (Å²) in [6.45, 7) is 0. The smallest absolute Gasteiger partial charge is 0.252 e. The van der Waals surface area contributed by atoms with Gasteiger partial charge in [0.1, 0.15) is 0 Å². The summed E-state index contributed by atoms with van der Waals surface area (Å²) in [6, 6.07) is 5.10. The molecule has 1 amide bonds. The SMILES string of the molecule is O=C(N[C@H]1CCCC[C@@H]1O)c1cc(Cl)ccc1I. The molecule has 2 N–H and O–H groups in total. The van der Waals surface area contributed by atoms with Gasteiger partial charge in [0.25, 0.3) is 5.91 Å². The molecule has 0 saturated heterocycles. The van der Waals surface area contributed by atoms with Gasteiger partial charge >= 0.3 is 0 Å². The Labute approximate surface area is 125 Å². The zero-order valence-corrected chi connectivity index (χ0v) is 12.7. The number of aliphatic hydroxyl groups excluding tert-OH is 1. The Bertz CT molecular complexity index is 453. The zero-order chi connectivity index (χ0) is 13.1. The first-order chi connectivity index (χ1) is 8.58. The minimum absolute atomic E-state index is 0.138. The summed E-state index contributed by atoms with van der Waals surface area (Å²) in [7, 11) is 0. The quantitative estimate of drug-likeness (QED) is 0.776. The van der Waals surface area contributed by atoms with E-state index in [2.05, 4.69) is 27.9 Å². The fourth-order valence-electron chi connectivity index (χ4n) is 2.20. The molecule has 0 spiro atoms. The Balaban J connectivity index is 2.09. The van der Waals surface area contributed by atoms with Crippen LogP contribution in [0.2, 0.25) is 5.02 Å². The average Bonchev–Trinajstić information content (AvgIpc) is 2.35. The van der Waals surface area contributed by atoms with E-state index in [1.165, 1.54) is 0 Å². The largest absolute Gasteiger partial charge is 0.391 e. The van der Waals surface area contributed by atoms with E-state index >= 15 is 0 Å². The van der Waals surface area contributed by atoms with Crippen molar-refractivity contribution in [2.75, 3.05) is 0 Å². The van der Waals surface area contributed by atoms with E-state index in [0.717, 1.165) is 29.3 Å². The summed E-state index contributed by atoms with van der Waals surface area (Å²) in [5.74, 6) is -0.159.